The van der Waals surface area contributed by atoms with Gasteiger partial charge in [-0.05, 0) is 30.8 Å². The summed E-state index contributed by atoms with van der Waals surface area (Å²) < 4.78 is 62.3. The number of anilines is 1. The Hall–Kier alpha value is -3.48. The zero-order chi connectivity index (χ0) is 23.3. The molecule has 5 rings (SSSR count). The largest absolute Gasteiger partial charge is 0.479 e. The number of ether oxygens (including phenoxy) is 1. The van der Waals surface area contributed by atoms with Crippen LogP contribution < -0.4 is 10.1 Å². The quantitative estimate of drug-likeness (QED) is 0.439. The summed E-state index contributed by atoms with van der Waals surface area (Å²) in [4.78, 5) is 5.83. The summed E-state index contributed by atoms with van der Waals surface area (Å²) in [5, 5.41) is 14.8. The van der Waals surface area contributed by atoms with Gasteiger partial charge in [-0.1, -0.05) is 11.3 Å². The highest BCUT2D eigenvalue weighted by atomic mass is 19.3. The number of alkyl halides is 4. The third-order valence-corrected chi connectivity index (χ3v) is 5.60. The van der Waals surface area contributed by atoms with Crippen molar-refractivity contribution < 1.29 is 22.3 Å². The minimum atomic E-state index is -2.92. The van der Waals surface area contributed by atoms with Crippen molar-refractivity contribution in [2.24, 2.45) is 0 Å². The maximum atomic E-state index is 14.2. The van der Waals surface area contributed by atoms with Crippen LogP contribution in [0.1, 0.15) is 0 Å². The molecule has 0 saturated carbocycles. The first-order chi connectivity index (χ1) is 15.7. The van der Waals surface area contributed by atoms with E-state index in [0.717, 1.165) is 4.68 Å². The number of halogens is 4. The molecule has 4 aromatic rings. The van der Waals surface area contributed by atoms with Gasteiger partial charge in [0.05, 0.1) is 19.2 Å². The van der Waals surface area contributed by atoms with Crippen molar-refractivity contribution in [3.8, 4) is 17.0 Å². The van der Waals surface area contributed by atoms with E-state index in [0.29, 0.717) is 27.7 Å². The van der Waals surface area contributed by atoms with Crippen LogP contribution in [0.5, 0.6) is 5.88 Å². The van der Waals surface area contributed by atoms with Gasteiger partial charge in [-0.15, -0.1) is 10.2 Å². The summed E-state index contributed by atoms with van der Waals surface area (Å²) in [5.74, 6) is -2.73. The Morgan fingerprint density at radius 1 is 1.27 bits per heavy atom. The summed E-state index contributed by atoms with van der Waals surface area (Å²) in [6.07, 6.45) is -0.918. The molecule has 9 nitrogen and oxygen atoms in total. The lowest BCUT2D eigenvalue weighted by molar-refractivity contribution is 0.00582. The Morgan fingerprint density at radius 2 is 2.09 bits per heavy atom. The molecule has 13 heteroatoms. The van der Waals surface area contributed by atoms with Crippen LogP contribution >= 0.6 is 0 Å². The minimum absolute atomic E-state index is 0.0103. The molecular formula is C20H20F4N8O. The number of hydrogen-bond acceptors (Lipinski definition) is 7. The third-order valence-electron chi connectivity index (χ3n) is 5.60. The molecular weight excluding hydrogens is 444 g/mol. The Bertz CT molecular complexity index is 1320. The number of likely N-dealkylation sites (N-methyl/N-ethyl adjacent to an activating group) is 1. The van der Waals surface area contributed by atoms with E-state index in [2.05, 4.69) is 25.7 Å². The minimum Gasteiger partial charge on any atom is -0.479 e. The lowest BCUT2D eigenvalue weighted by Crippen LogP contribution is -2.38. The number of rotatable bonds is 6. The molecule has 1 aliphatic rings. The number of aromatic nitrogens is 6. The van der Waals surface area contributed by atoms with Crippen LogP contribution in [-0.4, -0.2) is 80.1 Å². The molecule has 4 heterocycles. The smallest absolute Gasteiger partial charge is 0.281 e. The molecule has 1 unspecified atom stereocenters. The fourth-order valence-electron chi connectivity index (χ4n) is 4.11. The van der Waals surface area contributed by atoms with Gasteiger partial charge in [-0.3, -0.25) is 4.90 Å². The van der Waals surface area contributed by atoms with Gasteiger partial charge in [0.1, 0.15) is 23.6 Å². The standard InChI is InChI=1S/C20H20F4N8O/c1-30-8-15(20(23,24)10-30)25-19-26-18(33-2)17-12(5-6-31(17)28-19)11-3-4-13-14(7-11)32(29-27-13)9-16(21)22/h3-7,15-16H,8-10H2,1-2H3,(H,25,28). The lowest BCUT2D eigenvalue weighted by atomic mass is 10.1. The zero-order valence-electron chi connectivity index (χ0n) is 17.7. The van der Waals surface area contributed by atoms with Crippen LogP contribution in [0, 0.1) is 0 Å². The monoisotopic (exact) mass is 464 g/mol. The number of nitrogens with zero attached hydrogens (tertiary/aromatic N) is 7. The van der Waals surface area contributed by atoms with Crippen molar-refractivity contribution in [1.29, 1.82) is 0 Å². The predicted molar refractivity (Wildman–Crippen MR) is 112 cm³/mol. The van der Waals surface area contributed by atoms with E-state index in [1.165, 1.54) is 16.5 Å². The summed E-state index contributed by atoms with van der Waals surface area (Å²) in [5.41, 5.74) is 2.81. The molecule has 1 atom stereocenters. The van der Waals surface area contributed by atoms with Crippen LogP contribution in [0.3, 0.4) is 0 Å². The maximum Gasteiger partial charge on any atom is 0.281 e. The van der Waals surface area contributed by atoms with E-state index < -0.39 is 24.9 Å². The second kappa shape index (κ2) is 7.83. The van der Waals surface area contributed by atoms with Gasteiger partial charge in [0.25, 0.3) is 12.3 Å². The average Bonchev–Trinajstić information content (AvgIpc) is 3.42. The summed E-state index contributed by atoms with van der Waals surface area (Å²) in [6.45, 7) is -0.774. The molecule has 0 amide bonds. The second-order valence-corrected chi connectivity index (χ2v) is 7.99. The first-order valence-electron chi connectivity index (χ1n) is 10.1. The number of benzene rings is 1. The Balaban J connectivity index is 1.54. The molecule has 174 valence electrons. The second-order valence-electron chi connectivity index (χ2n) is 7.99. The van der Waals surface area contributed by atoms with E-state index in [4.69, 9.17) is 4.74 Å². The first-order valence-corrected chi connectivity index (χ1v) is 10.1. The maximum absolute atomic E-state index is 14.2. The van der Waals surface area contributed by atoms with Crippen LogP contribution in [0.25, 0.3) is 27.7 Å². The highest BCUT2D eigenvalue weighted by Crippen LogP contribution is 2.34. The fraction of sp³-hybridized carbons (Fsp3) is 0.400. The van der Waals surface area contributed by atoms with Gasteiger partial charge in [0, 0.05) is 18.3 Å². The molecule has 1 aromatic carbocycles. The molecule has 1 N–H and O–H groups in total. The molecule has 0 bridgehead atoms. The number of likely N-dealkylation sites (tertiary alicyclic amines) is 1. The molecule has 0 aliphatic carbocycles. The summed E-state index contributed by atoms with van der Waals surface area (Å²) >= 11 is 0. The van der Waals surface area contributed by atoms with E-state index in [-0.39, 0.29) is 24.9 Å². The number of nitrogens with one attached hydrogen (secondary N) is 1. The van der Waals surface area contributed by atoms with Crippen LogP contribution in [0.2, 0.25) is 0 Å². The Labute approximate surface area is 184 Å². The molecule has 0 radical (unpaired) electrons. The van der Waals surface area contributed by atoms with Gasteiger partial charge in [0.15, 0.2) is 0 Å². The fourth-order valence-corrected chi connectivity index (χ4v) is 4.11. The number of hydrogen-bond donors (Lipinski definition) is 1. The Kier molecular flexibility index (Phi) is 5.07. The van der Waals surface area contributed by atoms with E-state index in [1.54, 1.807) is 37.5 Å². The van der Waals surface area contributed by atoms with Crippen LogP contribution in [0.4, 0.5) is 23.5 Å². The molecule has 33 heavy (non-hydrogen) atoms. The first kappa shape index (κ1) is 21.4. The highest BCUT2D eigenvalue weighted by Gasteiger charge is 2.47. The molecule has 3 aromatic heterocycles. The molecule has 1 fully saturated rings. The Morgan fingerprint density at radius 3 is 2.79 bits per heavy atom. The van der Waals surface area contributed by atoms with Gasteiger partial charge in [0.2, 0.25) is 11.8 Å². The van der Waals surface area contributed by atoms with Gasteiger partial charge in [-0.2, -0.15) is 4.98 Å². The van der Waals surface area contributed by atoms with E-state index in [1.807, 2.05) is 0 Å². The number of methoxy groups -OCH3 is 1. The normalized spacial score (nSPS) is 18.6. The predicted octanol–water partition coefficient (Wildman–Crippen LogP) is 2.78. The topological polar surface area (TPSA) is 85.4 Å². The number of fused-ring (bicyclic) bond motifs is 2. The summed E-state index contributed by atoms with van der Waals surface area (Å²) in [6, 6.07) is 5.79. The third kappa shape index (κ3) is 3.81. The van der Waals surface area contributed by atoms with Crippen molar-refractivity contribution in [3.05, 3.63) is 30.5 Å². The van der Waals surface area contributed by atoms with E-state index in [9.17, 15) is 17.6 Å². The molecule has 0 spiro atoms. The molecule has 1 saturated heterocycles. The molecule has 1 aliphatic heterocycles. The van der Waals surface area contributed by atoms with Gasteiger partial charge < -0.3 is 10.1 Å². The van der Waals surface area contributed by atoms with Gasteiger partial charge >= 0.3 is 0 Å². The van der Waals surface area contributed by atoms with Crippen molar-refractivity contribution in [2.75, 3.05) is 32.6 Å². The van der Waals surface area contributed by atoms with E-state index >= 15 is 0 Å². The average molecular weight is 464 g/mol. The van der Waals surface area contributed by atoms with Crippen molar-refractivity contribution in [2.45, 2.75) is 24.9 Å². The SMILES string of the molecule is COc1nc(NC2CN(C)CC2(F)F)nn2ccc(-c3ccc4nnn(CC(F)F)c4c3)c12. The van der Waals surface area contributed by atoms with Crippen molar-refractivity contribution >= 4 is 22.5 Å². The van der Waals surface area contributed by atoms with Gasteiger partial charge in [-0.25, -0.2) is 26.8 Å². The van der Waals surface area contributed by atoms with Crippen molar-refractivity contribution in [1.82, 2.24) is 34.5 Å². The van der Waals surface area contributed by atoms with Crippen LogP contribution in [-0.2, 0) is 6.54 Å². The summed E-state index contributed by atoms with van der Waals surface area (Å²) in [7, 11) is 3.05. The highest BCUT2D eigenvalue weighted by molar-refractivity contribution is 5.89. The zero-order valence-corrected chi connectivity index (χ0v) is 17.7. The lowest BCUT2D eigenvalue weighted by Gasteiger charge is -2.19. The van der Waals surface area contributed by atoms with Crippen molar-refractivity contribution in [3.63, 3.8) is 0 Å². The van der Waals surface area contributed by atoms with Crippen LogP contribution in [0.15, 0.2) is 30.5 Å².